The van der Waals surface area contributed by atoms with Gasteiger partial charge in [-0.25, -0.2) is 14.9 Å². The van der Waals surface area contributed by atoms with Crippen molar-refractivity contribution >= 4 is 17.8 Å². The van der Waals surface area contributed by atoms with Crippen LogP contribution in [0.3, 0.4) is 0 Å². The van der Waals surface area contributed by atoms with E-state index < -0.39 is 22.6 Å². The molecule has 6 aromatic carbocycles. The van der Waals surface area contributed by atoms with Crippen LogP contribution < -0.4 is 4.90 Å². The van der Waals surface area contributed by atoms with Crippen molar-refractivity contribution in [3.8, 4) is 28.6 Å². The summed E-state index contributed by atoms with van der Waals surface area (Å²) in [5.74, 6) is -1.10. The molecule has 242 valence electrons. The minimum Gasteiger partial charge on any atom is -0.272 e. The minimum absolute atomic E-state index is 0.105. The van der Waals surface area contributed by atoms with E-state index >= 15 is 9.59 Å². The minimum atomic E-state index is -1.60. The van der Waals surface area contributed by atoms with Crippen molar-refractivity contribution < 1.29 is 9.59 Å². The summed E-state index contributed by atoms with van der Waals surface area (Å²) in [6.45, 7) is 0. The summed E-state index contributed by atoms with van der Waals surface area (Å²) in [5.41, 5.74) is 1.56. The standard InChI is InChI=1S/C45H30N4O2/c46-31-38-39(32-19-7-1-8-20-32)47-43(48-40(38)33-21-9-2-10-22-33)49-41(50)44(34-23-11-3-12-24-34,35-25-13-4-14-26-35)45(42(49)51,36-27-15-5-16-28-36)37-29-17-6-18-30-37/h1-30H. The quantitative estimate of drug-likeness (QED) is 0.160. The third kappa shape index (κ3) is 4.71. The van der Waals surface area contributed by atoms with Gasteiger partial charge in [-0.1, -0.05) is 182 Å². The van der Waals surface area contributed by atoms with E-state index in [4.69, 9.17) is 9.97 Å². The third-order valence-corrected chi connectivity index (χ3v) is 9.74. The lowest BCUT2D eigenvalue weighted by Gasteiger charge is -2.43. The molecule has 0 N–H and O–H groups in total. The number of aromatic nitrogens is 2. The Morgan fingerprint density at radius 2 is 0.706 bits per heavy atom. The Balaban J connectivity index is 1.53. The lowest BCUT2D eigenvalue weighted by Crippen LogP contribution is -2.53. The topological polar surface area (TPSA) is 87.0 Å². The van der Waals surface area contributed by atoms with Gasteiger partial charge >= 0.3 is 0 Å². The molecular formula is C45H30N4O2. The van der Waals surface area contributed by atoms with Crippen molar-refractivity contribution in [3.63, 3.8) is 0 Å². The highest BCUT2D eigenvalue weighted by molar-refractivity contribution is 6.31. The predicted molar refractivity (Wildman–Crippen MR) is 197 cm³/mol. The first-order valence-corrected chi connectivity index (χ1v) is 16.7. The van der Waals surface area contributed by atoms with E-state index in [1.54, 1.807) is 0 Å². The molecule has 6 heteroatoms. The van der Waals surface area contributed by atoms with Crippen LogP contribution in [0.2, 0.25) is 0 Å². The zero-order valence-corrected chi connectivity index (χ0v) is 27.4. The van der Waals surface area contributed by atoms with Crippen molar-refractivity contribution in [1.82, 2.24) is 9.97 Å². The zero-order chi connectivity index (χ0) is 34.8. The number of nitriles is 1. The molecule has 2 amide bonds. The SMILES string of the molecule is N#Cc1c(-c2ccccc2)nc(N2C(=O)C(c3ccccc3)(c3ccccc3)C(c3ccccc3)(c3ccccc3)C2=O)nc1-c1ccccc1. The fourth-order valence-electron chi connectivity index (χ4n) is 7.64. The average Bonchev–Trinajstić information content (AvgIpc) is 3.42. The predicted octanol–water partition coefficient (Wildman–Crippen LogP) is 8.53. The van der Waals surface area contributed by atoms with Gasteiger partial charge in [0.1, 0.15) is 22.5 Å². The highest BCUT2D eigenvalue weighted by Gasteiger charge is 2.73. The van der Waals surface area contributed by atoms with Crippen LogP contribution in [0.5, 0.6) is 0 Å². The maximum absolute atomic E-state index is 16.0. The van der Waals surface area contributed by atoms with Crippen LogP contribution in [0.1, 0.15) is 27.8 Å². The van der Waals surface area contributed by atoms with E-state index in [0.717, 1.165) is 4.90 Å². The summed E-state index contributed by atoms with van der Waals surface area (Å²) in [6, 6.07) is 58.9. The van der Waals surface area contributed by atoms with Gasteiger partial charge in [0.05, 0.1) is 11.4 Å². The number of hydrogen-bond donors (Lipinski definition) is 0. The van der Waals surface area contributed by atoms with E-state index in [0.29, 0.717) is 44.8 Å². The van der Waals surface area contributed by atoms with Gasteiger partial charge in [0.25, 0.3) is 11.8 Å². The molecule has 6 nitrogen and oxygen atoms in total. The van der Waals surface area contributed by atoms with Gasteiger partial charge in [0, 0.05) is 11.1 Å². The van der Waals surface area contributed by atoms with Crippen molar-refractivity contribution in [1.29, 1.82) is 5.26 Å². The number of anilines is 1. The Kier molecular flexibility index (Phi) is 7.86. The van der Waals surface area contributed by atoms with Crippen LogP contribution in [-0.2, 0) is 20.4 Å². The van der Waals surface area contributed by atoms with E-state index in [2.05, 4.69) is 6.07 Å². The van der Waals surface area contributed by atoms with Crippen molar-refractivity contribution in [3.05, 3.63) is 210 Å². The van der Waals surface area contributed by atoms with Gasteiger partial charge in [-0.2, -0.15) is 5.26 Å². The highest BCUT2D eigenvalue weighted by atomic mass is 16.2. The first kappa shape index (κ1) is 31.3. The monoisotopic (exact) mass is 658 g/mol. The molecular weight excluding hydrogens is 629 g/mol. The number of imide groups is 1. The lowest BCUT2D eigenvalue weighted by molar-refractivity contribution is -0.122. The summed E-state index contributed by atoms with van der Waals surface area (Å²) >= 11 is 0. The number of hydrogen-bond acceptors (Lipinski definition) is 5. The normalized spacial score (nSPS) is 14.6. The Morgan fingerprint density at radius 1 is 0.431 bits per heavy atom. The molecule has 0 aliphatic carbocycles. The fraction of sp³-hybridized carbons (Fsp3) is 0.0444. The van der Waals surface area contributed by atoms with E-state index in [-0.39, 0.29) is 11.5 Å². The molecule has 1 aliphatic rings. The molecule has 1 aliphatic heterocycles. The van der Waals surface area contributed by atoms with Crippen LogP contribution in [0.4, 0.5) is 5.95 Å². The van der Waals surface area contributed by atoms with Crippen LogP contribution in [0, 0.1) is 11.3 Å². The maximum Gasteiger partial charge on any atom is 0.253 e. The Labute approximate surface area is 296 Å². The largest absolute Gasteiger partial charge is 0.272 e. The van der Waals surface area contributed by atoms with E-state index in [9.17, 15) is 5.26 Å². The maximum atomic E-state index is 16.0. The van der Waals surface area contributed by atoms with Crippen molar-refractivity contribution in [2.45, 2.75) is 10.8 Å². The summed E-state index contributed by atoms with van der Waals surface area (Å²) in [6.07, 6.45) is 0. The second-order valence-electron chi connectivity index (χ2n) is 12.3. The van der Waals surface area contributed by atoms with Crippen LogP contribution >= 0.6 is 0 Å². The molecule has 2 heterocycles. The average molecular weight is 659 g/mol. The Morgan fingerprint density at radius 3 is 0.980 bits per heavy atom. The molecule has 1 fully saturated rings. The first-order valence-electron chi connectivity index (χ1n) is 16.7. The molecule has 51 heavy (non-hydrogen) atoms. The molecule has 0 bridgehead atoms. The highest BCUT2D eigenvalue weighted by Crippen LogP contribution is 2.59. The molecule has 0 radical (unpaired) electrons. The van der Waals surface area contributed by atoms with Gasteiger partial charge in [-0.05, 0) is 22.3 Å². The number of nitrogens with zero attached hydrogens (tertiary/aromatic N) is 4. The molecule has 0 atom stereocenters. The second-order valence-corrected chi connectivity index (χ2v) is 12.3. The second kappa shape index (κ2) is 12.8. The molecule has 8 rings (SSSR count). The summed E-state index contributed by atoms with van der Waals surface area (Å²) < 4.78 is 0. The smallest absolute Gasteiger partial charge is 0.253 e. The van der Waals surface area contributed by atoms with Gasteiger partial charge < -0.3 is 0 Å². The van der Waals surface area contributed by atoms with Crippen LogP contribution in [-0.4, -0.2) is 21.8 Å². The first-order chi connectivity index (χ1) is 25.1. The molecule has 1 aromatic heterocycles. The summed E-state index contributed by atoms with van der Waals surface area (Å²) in [7, 11) is 0. The van der Waals surface area contributed by atoms with Crippen molar-refractivity contribution in [2.24, 2.45) is 0 Å². The third-order valence-electron chi connectivity index (χ3n) is 9.74. The summed E-state index contributed by atoms with van der Waals surface area (Å²) in [5, 5.41) is 10.6. The molecule has 0 spiro atoms. The van der Waals surface area contributed by atoms with Gasteiger partial charge in [0.15, 0.2) is 0 Å². The van der Waals surface area contributed by atoms with E-state index in [1.165, 1.54) is 0 Å². The number of carbonyl (C=O) groups excluding carboxylic acids is 2. The summed E-state index contributed by atoms with van der Waals surface area (Å²) in [4.78, 5) is 43.1. The Bertz CT molecular complexity index is 2160. The van der Waals surface area contributed by atoms with Crippen LogP contribution in [0.25, 0.3) is 22.5 Å². The molecule has 7 aromatic rings. The van der Waals surface area contributed by atoms with Gasteiger partial charge in [0.2, 0.25) is 5.95 Å². The van der Waals surface area contributed by atoms with E-state index in [1.807, 2.05) is 182 Å². The van der Waals surface area contributed by atoms with Crippen LogP contribution in [0.15, 0.2) is 182 Å². The Hall–Kier alpha value is -6.97. The lowest BCUT2D eigenvalue weighted by atomic mass is 9.53. The van der Waals surface area contributed by atoms with Gasteiger partial charge in [-0.3, -0.25) is 9.59 Å². The van der Waals surface area contributed by atoms with Crippen molar-refractivity contribution in [2.75, 3.05) is 4.90 Å². The zero-order valence-electron chi connectivity index (χ0n) is 27.4. The van der Waals surface area contributed by atoms with Gasteiger partial charge in [-0.15, -0.1) is 0 Å². The number of rotatable bonds is 7. The molecule has 0 saturated carbocycles. The fourth-order valence-corrected chi connectivity index (χ4v) is 7.64. The molecule has 0 unspecified atom stereocenters. The number of benzene rings is 6. The number of amides is 2. The number of carbonyl (C=O) groups is 2. The molecule has 1 saturated heterocycles.